The van der Waals surface area contributed by atoms with Crippen molar-refractivity contribution in [1.82, 2.24) is 4.31 Å². The number of halogens is 2. The summed E-state index contributed by atoms with van der Waals surface area (Å²) in [6, 6.07) is 4.29. The van der Waals surface area contributed by atoms with Crippen molar-refractivity contribution in [2.24, 2.45) is 5.73 Å². The molecule has 1 aromatic carbocycles. The van der Waals surface area contributed by atoms with E-state index >= 15 is 0 Å². The van der Waals surface area contributed by atoms with Gasteiger partial charge in [0.15, 0.2) is 0 Å². The fourth-order valence-corrected chi connectivity index (χ4v) is 3.97. The van der Waals surface area contributed by atoms with Crippen molar-refractivity contribution in [3.63, 3.8) is 0 Å². The molecule has 1 heterocycles. The molecule has 1 fully saturated rings. The minimum Gasteiger partial charge on any atom is -0.315 e. The second-order valence-electron chi connectivity index (χ2n) is 4.25. The van der Waals surface area contributed by atoms with E-state index < -0.39 is 16.2 Å². The van der Waals surface area contributed by atoms with Gasteiger partial charge in [-0.3, -0.25) is 0 Å². The van der Waals surface area contributed by atoms with Crippen LogP contribution in [-0.4, -0.2) is 25.4 Å². The zero-order chi connectivity index (χ0) is 13.3. The van der Waals surface area contributed by atoms with Crippen LogP contribution in [0.3, 0.4) is 0 Å². The Bertz CT molecular complexity index is 548. The number of piperidine rings is 1. The van der Waals surface area contributed by atoms with Gasteiger partial charge in [-0.1, -0.05) is 23.2 Å². The van der Waals surface area contributed by atoms with Crippen LogP contribution in [0.5, 0.6) is 0 Å². The van der Waals surface area contributed by atoms with Gasteiger partial charge in [0.05, 0.1) is 21.1 Å². The molecule has 2 rings (SSSR count). The highest BCUT2D eigenvalue weighted by molar-refractivity contribution is 7.89. The molecule has 1 aliphatic heterocycles. The molecular formula is C11H14Cl2N2O2S. The Hall–Kier alpha value is -0.330. The first-order chi connectivity index (χ1) is 8.43. The summed E-state index contributed by atoms with van der Waals surface area (Å²) < 4.78 is 26.1. The number of nitrogens with zero attached hydrogens (tertiary/aromatic N) is 1. The lowest BCUT2D eigenvalue weighted by Crippen LogP contribution is -2.48. The van der Waals surface area contributed by atoms with Crippen LogP contribution < -0.4 is 5.73 Å². The van der Waals surface area contributed by atoms with E-state index in [1.54, 1.807) is 0 Å². The van der Waals surface area contributed by atoms with Crippen molar-refractivity contribution < 1.29 is 8.42 Å². The van der Waals surface area contributed by atoms with Gasteiger partial charge in [0, 0.05) is 6.54 Å². The number of hydrogen-bond acceptors (Lipinski definition) is 3. The lowest BCUT2D eigenvalue weighted by Gasteiger charge is -2.31. The van der Waals surface area contributed by atoms with Gasteiger partial charge in [0.1, 0.15) is 0 Å². The maximum atomic E-state index is 12.4. The Kier molecular flexibility index (Phi) is 4.18. The Labute approximate surface area is 117 Å². The number of nitrogens with two attached hydrogens (primary N) is 1. The monoisotopic (exact) mass is 308 g/mol. The highest BCUT2D eigenvalue weighted by Gasteiger charge is 2.31. The van der Waals surface area contributed by atoms with E-state index in [4.69, 9.17) is 28.9 Å². The topological polar surface area (TPSA) is 63.4 Å². The largest absolute Gasteiger partial charge is 0.315 e. The fourth-order valence-electron chi connectivity index (χ4n) is 2.00. The predicted molar refractivity (Wildman–Crippen MR) is 72.2 cm³/mol. The van der Waals surface area contributed by atoms with E-state index in [0.717, 1.165) is 12.8 Å². The minimum atomic E-state index is -3.59. The molecule has 0 radical (unpaired) electrons. The van der Waals surface area contributed by atoms with E-state index in [9.17, 15) is 8.42 Å². The van der Waals surface area contributed by atoms with Crippen molar-refractivity contribution >= 4 is 33.2 Å². The average Bonchev–Trinajstić information content (AvgIpc) is 2.33. The third-order valence-corrected chi connectivity index (χ3v) is 5.66. The molecule has 0 saturated carbocycles. The summed E-state index contributed by atoms with van der Waals surface area (Å²) in [6.07, 6.45) is 2.00. The molecule has 0 aliphatic carbocycles. The normalized spacial score (nSPS) is 22.1. The van der Waals surface area contributed by atoms with Crippen molar-refractivity contribution in [2.75, 3.05) is 6.54 Å². The molecule has 4 nitrogen and oxygen atoms in total. The highest BCUT2D eigenvalue weighted by Crippen LogP contribution is 2.28. The first-order valence-electron chi connectivity index (χ1n) is 5.65. The second kappa shape index (κ2) is 5.35. The van der Waals surface area contributed by atoms with Crippen LogP contribution in [0.4, 0.5) is 0 Å². The lowest BCUT2D eigenvalue weighted by molar-refractivity contribution is 0.258. The number of hydrogen-bond donors (Lipinski definition) is 1. The molecule has 18 heavy (non-hydrogen) atoms. The fraction of sp³-hybridized carbons (Fsp3) is 0.455. The first kappa shape index (κ1) is 14.1. The summed E-state index contributed by atoms with van der Waals surface area (Å²) >= 11 is 11.6. The van der Waals surface area contributed by atoms with Gasteiger partial charge in [-0.15, -0.1) is 0 Å². The molecule has 1 saturated heterocycles. The van der Waals surface area contributed by atoms with Crippen LogP contribution in [-0.2, 0) is 10.0 Å². The van der Waals surface area contributed by atoms with E-state index in [2.05, 4.69) is 0 Å². The van der Waals surface area contributed by atoms with Crippen LogP contribution >= 0.6 is 23.2 Å². The molecule has 1 aliphatic rings. The number of benzene rings is 1. The van der Waals surface area contributed by atoms with Crippen LogP contribution in [0.1, 0.15) is 19.3 Å². The Balaban J connectivity index is 2.37. The van der Waals surface area contributed by atoms with Gasteiger partial charge in [-0.25, -0.2) is 8.42 Å². The Morgan fingerprint density at radius 1 is 1.22 bits per heavy atom. The quantitative estimate of drug-likeness (QED) is 0.912. The predicted octanol–water partition coefficient (Wildman–Crippen LogP) is 2.45. The van der Waals surface area contributed by atoms with E-state index in [-0.39, 0.29) is 9.92 Å². The third-order valence-electron chi connectivity index (χ3n) is 3.00. The molecular weight excluding hydrogens is 295 g/mol. The first-order valence-corrected chi connectivity index (χ1v) is 7.85. The van der Waals surface area contributed by atoms with Crippen molar-refractivity contribution in [3.05, 3.63) is 28.2 Å². The lowest BCUT2D eigenvalue weighted by atomic mass is 10.1. The molecule has 7 heteroatoms. The zero-order valence-corrected chi connectivity index (χ0v) is 12.0. The van der Waals surface area contributed by atoms with Gasteiger partial charge < -0.3 is 5.73 Å². The standard InChI is InChI=1S/C11H14Cl2N2O2S/c12-9-5-4-8(7-10(9)13)18(16,17)15-6-2-1-3-11(15)14/h4-5,7,11H,1-3,6,14H2. The van der Waals surface area contributed by atoms with E-state index in [0.29, 0.717) is 18.0 Å². The minimum absolute atomic E-state index is 0.134. The molecule has 1 aromatic rings. The highest BCUT2D eigenvalue weighted by atomic mass is 35.5. The summed E-state index contributed by atoms with van der Waals surface area (Å²) in [5, 5.41) is 0.557. The van der Waals surface area contributed by atoms with Gasteiger partial charge in [0.25, 0.3) is 0 Å². The summed E-state index contributed by atoms with van der Waals surface area (Å²) in [4.78, 5) is 0.134. The van der Waals surface area contributed by atoms with Crippen molar-refractivity contribution in [1.29, 1.82) is 0 Å². The molecule has 1 unspecified atom stereocenters. The van der Waals surface area contributed by atoms with Crippen molar-refractivity contribution in [3.8, 4) is 0 Å². The molecule has 1 atom stereocenters. The van der Waals surface area contributed by atoms with Gasteiger partial charge in [0.2, 0.25) is 10.0 Å². The van der Waals surface area contributed by atoms with Crippen LogP contribution in [0.2, 0.25) is 10.0 Å². The molecule has 100 valence electrons. The van der Waals surface area contributed by atoms with Gasteiger partial charge in [-0.2, -0.15) is 4.31 Å². The number of rotatable bonds is 2. The van der Waals surface area contributed by atoms with Crippen LogP contribution in [0.25, 0.3) is 0 Å². The van der Waals surface area contributed by atoms with Gasteiger partial charge in [-0.05, 0) is 37.5 Å². The number of sulfonamides is 1. The molecule has 0 spiro atoms. The molecule has 0 aromatic heterocycles. The summed E-state index contributed by atoms with van der Waals surface area (Å²) in [7, 11) is -3.59. The van der Waals surface area contributed by atoms with Crippen molar-refractivity contribution in [2.45, 2.75) is 30.3 Å². The zero-order valence-electron chi connectivity index (χ0n) is 9.64. The smallest absolute Gasteiger partial charge is 0.244 e. The van der Waals surface area contributed by atoms with E-state index in [1.807, 2.05) is 0 Å². The summed E-state index contributed by atoms with van der Waals surface area (Å²) in [5.74, 6) is 0. The molecule has 2 N–H and O–H groups in total. The summed E-state index contributed by atoms with van der Waals surface area (Å²) in [5.41, 5.74) is 5.86. The Morgan fingerprint density at radius 2 is 1.94 bits per heavy atom. The SMILES string of the molecule is NC1CCCCN1S(=O)(=O)c1ccc(Cl)c(Cl)c1. The van der Waals surface area contributed by atoms with Crippen LogP contribution in [0, 0.1) is 0 Å². The second-order valence-corrected chi connectivity index (χ2v) is 6.96. The molecule has 0 amide bonds. The maximum Gasteiger partial charge on any atom is 0.244 e. The molecule has 0 bridgehead atoms. The Morgan fingerprint density at radius 3 is 2.56 bits per heavy atom. The summed E-state index contributed by atoms with van der Waals surface area (Å²) in [6.45, 7) is 0.448. The van der Waals surface area contributed by atoms with E-state index in [1.165, 1.54) is 22.5 Å². The average molecular weight is 309 g/mol. The third kappa shape index (κ3) is 2.65. The van der Waals surface area contributed by atoms with Gasteiger partial charge >= 0.3 is 0 Å². The maximum absolute atomic E-state index is 12.4. The van der Waals surface area contributed by atoms with Crippen LogP contribution in [0.15, 0.2) is 23.1 Å².